The molecule has 2 heterocycles. The first-order chi connectivity index (χ1) is 11.8. The summed E-state index contributed by atoms with van der Waals surface area (Å²) in [7, 11) is -4.96. The lowest BCUT2D eigenvalue weighted by molar-refractivity contribution is -0.138. The van der Waals surface area contributed by atoms with E-state index in [1.165, 1.54) is 6.08 Å². The van der Waals surface area contributed by atoms with Crippen LogP contribution >= 0.6 is 7.82 Å². The van der Waals surface area contributed by atoms with E-state index in [4.69, 9.17) is 19.3 Å². The molecule has 0 fully saturated rings. The average molecular weight is 367 g/mol. The molecule has 1 atom stereocenters. The molecular weight excluding hydrogens is 353 g/mol. The fourth-order valence-electron chi connectivity index (χ4n) is 2.43. The molecule has 0 radical (unpaired) electrons. The van der Waals surface area contributed by atoms with Gasteiger partial charge in [0.2, 0.25) is 0 Å². The summed E-state index contributed by atoms with van der Waals surface area (Å²) in [6, 6.07) is 6.50. The SMILES string of the molecule is CCOC(=O)C1=CC2Oc3ccccc3C(=O)N2C=C1OP(=O)(O)O. The molecule has 2 aliphatic heterocycles. The number of hydrogen-bond acceptors (Lipinski definition) is 6. The van der Waals surface area contributed by atoms with Crippen molar-refractivity contribution in [1.29, 1.82) is 0 Å². The minimum Gasteiger partial charge on any atom is -0.466 e. The van der Waals surface area contributed by atoms with Crippen LogP contribution < -0.4 is 4.74 Å². The lowest BCUT2D eigenvalue weighted by atomic mass is 10.1. The van der Waals surface area contributed by atoms with Crippen molar-refractivity contribution < 1.29 is 37.9 Å². The second-order valence-corrected chi connectivity index (χ2v) is 6.26. The van der Waals surface area contributed by atoms with Crippen LogP contribution in [-0.2, 0) is 18.6 Å². The van der Waals surface area contributed by atoms with E-state index in [1.807, 2.05) is 0 Å². The molecule has 1 unspecified atom stereocenters. The molecule has 0 saturated heterocycles. The van der Waals surface area contributed by atoms with Gasteiger partial charge in [-0.1, -0.05) is 12.1 Å². The van der Waals surface area contributed by atoms with Crippen molar-refractivity contribution in [2.45, 2.75) is 13.2 Å². The number of esters is 1. The molecule has 0 aliphatic carbocycles. The van der Waals surface area contributed by atoms with Crippen molar-refractivity contribution in [1.82, 2.24) is 4.90 Å². The normalized spacial score (nSPS) is 19.1. The quantitative estimate of drug-likeness (QED) is 0.603. The maximum absolute atomic E-state index is 12.6. The summed E-state index contributed by atoms with van der Waals surface area (Å²) in [5, 5.41) is 0. The lowest BCUT2D eigenvalue weighted by Gasteiger charge is -2.35. The molecule has 132 valence electrons. The van der Waals surface area contributed by atoms with Gasteiger partial charge in [0.15, 0.2) is 12.0 Å². The molecular formula is C15H14NO8P. The van der Waals surface area contributed by atoms with Gasteiger partial charge >= 0.3 is 13.8 Å². The number of carbonyl (C=O) groups excluding carboxylic acids is 2. The number of hydrogen-bond donors (Lipinski definition) is 2. The molecule has 1 aromatic rings. The van der Waals surface area contributed by atoms with Gasteiger partial charge in [-0.15, -0.1) is 0 Å². The predicted molar refractivity (Wildman–Crippen MR) is 83.0 cm³/mol. The van der Waals surface area contributed by atoms with Gasteiger partial charge in [-0.05, 0) is 25.1 Å². The van der Waals surface area contributed by atoms with E-state index in [-0.39, 0.29) is 17.7 Å². The highest BCUT2D eigenvalue weighted by atomic mass is 31.2. The molecule has 0 bridgehead atoms. The first-order valence-corrected chi connectivity index (χ1v) is 8.78. The molecule has 1 amide bonds. The van der Waals surface area contributed by atoms with Gasteiger partial charge in [0.05, 0.1) is 18.4 Å². The third kappa shape index (κ3) is 3.43. The van der Waals surface area contributed by atoms with Gasteiger partial charge in [0.25, 0.3) is 5.91 Å². The Bertz CT molecular complexity index is 840. The van der Waals surface area contributed by atoms with E-state index in [0.717, 1.165) is 11.1 Å². The third-order valence-corrected chi connectivity index (χ3v) is 3.85. The fourth-order valence-corrected chi connectivity index (χ4v) is 2.83. The van der Waals surface area contributed by atoms with Crippen LogP contribution in [0, 0.1) is 0 Å². The number of ether oxygens (including phenoxy) is 2. The standard InChI is InChI=1S/C15H14NO8P/c1-2-22-15(18)10-7-13-16(8-12(10)24-25(19,20)21)14(17)9-5-3-4-6-11(9)23-13/h3-8,13H,2H2,1H3,(H2,19,20,21). The molecule has 2 N–H and O–H groups in total. The number of phosphoric ester groups is 1. The molecule has 0 aromatic heterocycles. The Morgan fingerprint density at radius 1 is 1.36 bits per heavy atom. The molecule has 3 rings (SSSR count). The topological polar surface area (TPSA) is 123 Å². The summed E-state index contributed by atoms with van der Waals surface area (Å²) >= 11 is 0. The van der Waals surface area contributed by atoms with Crippen molar-refractivity contribution in [3.63, 3.8) is 0 Å². The second-order valence-electron chi connectivity index (χ2n) is 5.09. The smallest absolute Gasteiger partial charge is 0.466 e. The summed E-state index contributed by atoms with van der Waals surface area (Å²) in [4.78, 5) is 43.8. The number of carbonyl (C=O) groups is 2. The second kappa shape index (κ2) is 6.36. The van der Waals surface area contributed by atoms with E-state index in [1.54, 1.807) is 31.2 Å². The Balaban J connectivity index is 2.03. The van der Waals surface area contributed by atoms with E-state index < -0.39 is 31.7 Å². The molecule has 9 nitrogen and oxygen atoms in total. The number of nitrogens with zero attached hydrogens (tertiary/aromatic N) is 1. The highest BCUT2D eigenvalue weighted by molar-refractivity contribution is 7.46. The number of fused-ring (bicyclic) bond motifs is 2. The van der Waals surface area contributed by atoms with Gasteiger partial charge < -0.3 is 14.0 Å². The summed E-state index contributed by atoms with van der Waals surface area (Å²) in [5.41, 5.74) is 0.0390. The molecule has 10 heteroatoms. The van der Waals surface area contributed by atoms with Crippen LogP contribution in [0.4, 0.5) is 0 Å². The maximum atomic E-state index is 12.6. The predicted octanol–water partition coefficient (Wildman–Crippen LogP) is 1.30. The minimum absolute atomic E-state index is 0.0520. The van der Waals surface area contributed by atoms with E-state index in [9.17, 15) is 14.2 Å². The Kier molecular flexibility index (Phi) is 4.38. The van der Waals surface area contributed by atoms with Crippen LogP contribution in [0.2, 0.25) is 0 Å². The van der Waals surface area contributed by atoms with E-state index in [2.05, 4.69) is 4.52 Å². The summed E-state index contributed by atoms with van der Waals surface area (Å²) in [6.45, 7) is 1.63. The Labute approximate surface area is 142 Å². The van der Waals surface area contributed by atoms with Crippen LogP contribution in [0.5, 0.6) is 5.75 Å². The molecule has 0 spiro atoms. The van der Waals surface area contributed by atoms with Crippen molar-refractivity contribution in [3.8, 4) is 5.75 Å². The van der Waals surface area contributed by atoms with Crippen LogP contribution in [0.3, 0.4) is 0 Å². The largest absolute Gasteiger partial charge is 0.524 e. The van der Waals surface area contributed by atoms with Gasteiger partial charge in [-0.25, -0.2) is 9.36 Å². The molecule has 25 heavy (non-hydrogen) atoms. The zero-order valence-electron chi connectivity index (χ0n) is 13.0. The van der Waals surface area contributed by atoms with Crippen LogP contribution in [0.15, 0.2) is 47.9 Å². The number of phosphoric acid groups is 1. The van der Waals surface area contributed by atoms with Gasteiger partial charge in [0.1, 0.15) is 11.3 Å². The van der Waals surface area contributed by atoms with Gasteiger partial charge in [-0.3, -0.25) is 19.5 Å². The average Bonchev–Trinajstić information content (AvgIpc) is 2.54. The number of amides is 1. The Morgan fingerprint density at radius 2 is 2.08 bits per heavy atom. The van der Waals surface area contributed by atoms with Crippen LogP contribution in [0.1, 0.15) is 17.3 Å². The van der Waals surface area contributed by atoms with Crippen molar-refractivity contribution in [3.05, 3.63) is 53.4 Å². The molecule has 1 aromatic carbocycles. The molecule has 2 aliphatic rings. The Morgan fingerprint density at radius 3 is 2.76 bits per heavy atom. The van der Waals surface area contributed by atoms with Gasteiger partial charge in [-0.2, -0.15) is 0 Å². The minimum atomic E-state index is -4.96. The van der Waals surface area contributed by atoms with E-state index >= 15 is 0 Å². The fraction of sp³-hybridized carbons (Fsp3) is 0.200. The number of benzene rings is 1. The zero-order valence-corrected chi connectivity index (χ0v) is 13.9. The van der Waals surface area contributed by atoms with Crippen LogP contribution in [0.25, 0.3) is 0 Å². The summed E-state index contributed by atoms with van der Waals surface area (Å²) < 4.78 is 26.3. The highest BCUT2D eigenvalue weighted by Gasteiger charge is 2.38. The van der Waals surface area contributed by atoms with Crippen molar-refractivity contribution >= 4 is 19.7 Å². The highest BCUT2D eigenvalue weighted by Crippen LogP contribution is 2.43. The third-order valence-electron chi connectivity index (χ3n) is 3.42. The lowest BCUT2D eigenvalue weighted by Crippen LogP contribution is -2.45. The zero-order chi connectivity index (χ0) is 18.2. The first-order valence-electron chi connectivity index (χ1n) is 7.25. The summed E-state index contributed by atoms with van der Waals surface area (Å²) in [5.74, 6) is -1.45. The van der Waals surface area contributed by atoms with E-state index in [0.29, 0.717) is 5.75 Å². The van der Waals surface area contributed by atoms with Gasteiger partial charge in [0, 0.05) is 0 Å². The molecule has 0 saturated carbocycles. The van der Waals surface area contributed by atoms with Crippen molar-refractivity contribution in [2.24, 2.45) is 0 Å². The first kappa shape index (κ1) is 17.2. The number of rotatable bonds is 4. The monoisotopic (exact) mass is 367 g/mol. The van der Waals surface area contributed by atoms with Crippen LogP contribution in [-0.4, -0.2) is 39.4 Å². The number of para-hydroxylation sites is 1. The maximum Gasteiger partial charge on any atom is 0.524 e. The van der Waals surface area contributed by atoms with Crippen molar-refractivity contribution in [2.75, 3.05) is 6.61 Å². The summed E-state index contributed by atoms with van der Waals surface area (Å²) in [6.07, 6.45) is 1.27. The Hall–Kier alpha value is -2.61.